The number of carbonyl (C=O) groups excluding carboxylic acids is 2. The van der Waals surface area contributed by atoms with Gasteiger partial charge < -0.3 is 9.64 Å². The zero-order valence-corrected chi connectivity index (χ0v) is 16.6. The number of esters is 1. The molecular formula is C21H20ClNO3S. The van der Waals surface area contributed by atoms with Gasteiger partial charge in [0.2, 0.25) is 0 Å². The number of thiophene rings is 1. The maximum atomic E-state index is 13.2. The van der Waals surface area contributed by atoms with E-state index in [1.165, 1.54) is 11.3 Å². The number of rotatable bonds is 7. The van der Waals surface area contributed by atoms with Gasteiger partial charge in [0.1, 0.15) is 4.88 Å². The molecule has 0 saturated carbocycles. The number of hydrogen-bond acceptors (Lipinski definition) is 4. The smallest absolute Gasteiger partial charge is 0.307 e. The number of benzene rings is 2. The Balaban J connectivity index is 1.86. The summed E-state index contributed by atoms with van der Waals surface area (Å²) in [6.07, 6.45) is 0.148. The molecule has 4 nitrogen and oxygen atoms in total. The minimum absolute atomic E-state index is 0.148. The summed E-state index contributed by atoms with van der Waals surface area (Å²) in [5.74, 6) is -0.486. The van der Waals surface area contributed by atoms with Gasteiger partial charge in [0, 0.05) is 23.2 Å². The first-order valence-corrected chi connectivity index (χ1v) is 9.95. The van der Waals surface area contributed by atoms with Crippen molar-refractivity contribution in [1.29, 1.82) is 0 Å². The SMILES string of the molecule is CCOC(=O)CCN(Cc1ccccc1)C(=O)c1sc2ccccc2c1Cl. The first-order valence-electron chi connectivity index (χ1n) is 8.76. The molecule has 1 amide bonds. The van der Waals surface area contributed by atoms with E-state index in [0.29, 0.717) is 23.1 Å². The van der Waals surface area contributed by atoms with E-state index >= 15 is 0 Å². The number of carbonyl (C=O) groups is 2. The summed E-state index contributed by atoms with van der Waals surface area (Å²) < 4.78 is 5.97. The molecule has 0 radical (unpaired) electrons. The Morgan fingerprint density at radius 1 is 1.07 bits per heavy atom. The van der Waals surface area contributed by atoms with Crippen LogP contribution in [0.2, 0.25) is 5.02 Å². The highest BCUT2D eigenvalue weighted by molar-refractivity contribution is 7.21. The van der Waals surface area contributed by atoms with Crippen molar-refractivity contribution in [2.24, 2.45) is 0 Å². The lowest BCUT2D eigenvalue weighted by atomic mass is 10.2. The largest absolute Gasteiger partial charge is 0.466 e. The Bertz CT molecular complexity index is 939. The van der Waals surface area contributed by atoms with Crippen LogP contribution in [0.1, 0.15) is 28.6 Å². The topological polar surface area (TPSA) is 46.6 Å². The molecule has 0 unspecified atom stereocenters. The van der Waals surface area contributed by atoms with Crippen LogP contribution >= 0.6 is 22.9 Å². The molecule has 0 bridgehead atoms. The van der Waals surface area contributed by atoms with E-state index in [0.717, 1.165) is 15.6 Å². The zero-order valence-electron chi connectivity index (χ0n) is 15.0. The van der Waals surface area contributed by atoms with Gasteiger partial charge in [-0.2, -0.15) is 0 Å². The van der Waals surface area contributed by atoms with E-state index in [4.69, 9.17) is 16.3 Å². The van der Waals surface area contributed by atoms with Crippen molar-refractivity contribution in [2.45, 2.75) is 19.9 Å². The van der Waals surface area contributed by atoms with Crippen molar-refractivity contribution in [2.75, 3.05) is 13.2 Å². The summed E-state index contributed by atoms with van der Waals surface area (Å²) in [7, 11) is 0. The van der Waals surface area contributed by atoms with Crippen molar-refractivity contribution < 1.29 is 14.3 Å². The van der Waals surface area contributed by atoms with Crippen molar-refractivity contribution in [3.63, 3.8) is 0 Å². The van der Waals surface area contributed by atoms with E-state index in [1.807, 2.05) is 54.6 Å². The summed E-state index contributed by atoms with van der Waals surface area (Å²) in [4.78, 5) is 27.1. The fraction of sp³-hybridized carbons (Fsp3) is 0.238. The zero-order chi connectivity index (χ0) is 19.2. The molecular weight excluding hydrogens is 382 g/mol. The predicted octanol–water partition coefficient (Wildman–Crippen LogP) is 5.15. The second kappa shape index (κ2) is 9.02. The fourth-order valence-electron chi connectivity index (χ4n) is 2.81. The summed E-state index contributed by atoms with van der Waals surface area (Å²) in [6, 6.07) is 17.4. The minimum Gasteiger partial charge on any atom is -0.466 e. The van der Waals surface area contributed by atoms with Gasteiger partial charge >= 0.3 is 5.97 Å². The number of fused-ring (bicyclic) bond motifs is 1. The lowest BCUT2D eigenvalue weighted by Crippen LogP contribution is -2.32. The van der Waals surface area contributed by atoms with Crippen LogP contribution in [0.15, 0.2) is 54.6 Å². The van der Waals surface area contributed by atoms with Gasteiger partial charge in [-0.3, -0.25) is 9.59 Å². The molecule has 0 atom stereocenters. The second-order valence-corrected chi connectivity index (χ2v) is 7.44. The average Bonchev–Trinajstić information content (AvgIpc) is 3.02. The van der Waals surface area contributed by atoms with Crippen LogP contribution < -0.4 is 0 Å². The normalized spacial score (nSPS) is 10.7. The molecule has 0 aliphatic rings. The van der Waals surface area contributed by atoms with Crippen molar-refractivity contribution in [3.8, 4) is 0 Å². The third-order valence-electron chi connectivity index (χ3n) is 4.12. The third kappa shape index (κ3) is 4.67. The van der Waals surface area contributed by atoms with Crippen LogP contribution in [0.25, 0.3) is 10.1 Å². The van der Waals surface area contributed by atoms with Crippen LogP contribution in [-0.2, 0) is 16.1 Å². The molecule has 0 fully saturated rings. The van der Waals surface area contributed by atoms with Crippen LogP contribution in [0, 0.1) is 0 Å². The standard InChI is InChI=1S/C21H20ClNO3S/c1-2-26-18(24)12-13-23(14-15-8-4-3-5-9-15)21(25)20-19(22)16-10-6-7-11-17(16)27-20/h3-11H,2,12-14H2,1H3. The summed E-state index contributed by atoms with van der Waals surface area (Å²) in [5, 5.41) is 1.34. The Hall–Kier alpha value is -2.37. The summed E-state index contributed by atoms with van der Waals surface area (Å²) >= 11 is 7.86. The second-order valence-electron chi connectivity index (χ2n) is 6.01. The molecule has 0 aliphatic heterocycles. The van der Waals surface area contributed by atoms with Gasteiger partial charge in [0.25, 0.3) is 5.91 Å². The van der Waals surface area contributed by atoms with Crippen LogP contribution in [0.3, 0.4) is 0 Å². The monoisotopic (exact) mass is 401 g/mol. The quantitative estimate of drug-likeness (QED) is 0.514. The van der Waals surface area contributed by atoms with Crippen molar-refractivity contribution in [3.05, 3.63) is 70.1 Å². The van der Waals surface area contributed by atoms with E-state index in [-0.39, 0.29) is 24.8 Å². The summed E-state index contributed by atoms with van der Waals surface area (Å²) in [6.45, 7) is 2.77. The number of ether oxygens (including phenoxy) is 1. The molecule has 0 aliphatic carbocycles. The fourth-order valence-corrected chi connectivity index (χ4v) is 4.29. The number of halogens is 1. The Morgan fingerprint density at radius 2 is 1.78 bits per heavy atom. The van der Waals surface area contributed by atoms with E-state index in [1.54, 1.807) is 11.8 Å². The minimum atomic E-state index is -0.314. The average molecular weight is 402 g/mol. The highest BCUT2D eigenvalue weighted by atomic mass is 35.5. The molecule has 6 heteroatoms. The lowest BCUT2D eigenvalue weighted by Gasteiger charge is -2.22. The first kappa shape index (κ1) is 19.4. The highest BCUT2D eigenvalue weighted by Crippen LogP contribution is 2.36. The highest BCUT2D eigenvalue weighted by Gasteiger charge is 2.23. The number of amides is 1. The lowest BCUT2D eigenvalue weighted by molar-refractivity contribution is -0.143. The Labute approximate surface area is 167 Å². The molecule has 1 aromatic heterocycles. The Morgan fingerprint density at radius 3 is 2.48 bits per heavy atom. The number of nitrogens with zero attached hydrogens (tertiary/aromatic N) is 1. The first-order chi connectivity index (χ1) is 13.1. The third-order valence-corrected chi connectivity index (χ3v) is 5.79. The van der Waals surface area contributed by atoms with Crippen LogP contribution in [0.4, 0.5) is 0 Å². The Kier molecular flexibility index (Phi) is 6.48. The molecule has 0 spiro atoms. The van der Waals surface area contributed by atoms with Crippen LogP contribution in [-0.4, -0.2) is 29.9 Å². The van der Waals surface area contributed by atoms with E-state index in [9.17, 15) is 9.59 Å². The molecule has 27 heavy (non-hydrogen) atoms. The van der Waals surface area contributed by atoms with Crippen molar-refractivity contribution >= 4 is 44.9 Å². The molecule has 3 aromatic rings. The van der Waals surface area contributed by atoms with Gasteiger partial charge in [-0.25, -0.2) is 0 Å². The molecule has 0 saturated heterocycles. The van der Waals surface area contributed by atoms with Gasteiger partial charge in [-0.1, -0.05) is 60.1 Å². The molecule has 140 valence electrons. The van der Waals surface area contributed by atoms with Crippen molar-refractivity contribution in [1.82, 2.24) is 4.90 Å². The molecule has 0 N–H and O–H groups in total. The number of hydrogen-bond donors (Lipinski definition) is 0. The van der Waals surface area contributed by atoms with Gasteiger partial charge in [-0.05, 0) is 18.6 Å². The summed E-state index contributed by atoms with van der Waals surface area (Å²) in [5.41, 5.74) is 0.993. The van der Waals surface area contributed by atoms with Crippen LogP contribution in [0.5, 0.6) is 0 Å². The van der Waals surface area contributed by atoms with Gasteiger partial charge in [0.15, 0.2) is 0 Å². The molecule has 1 heterocycles. The maximum Gasteiger partial charge on any atom is 0.307 e. The molecule has 2 aromatic carbocycles. The maximum absolute atomic E-state index is 13.2. The van der Waals surface area contributed by atoms with Gasteiger partial charge in [-0.15, -0.1) is 11.3 Å². The van der Waals surface area contributed by atoms with E-state index in [2.05, 4.69) is 0 Å². The molecule has 3 rings (SSSR count). The van der Waals surface area contributed by atoms with E-state index < -0.39 is 0 Å². The predicted molar refractivity (Wildman–Crippen MR) is 109 cm³/mol. The van der Waals surface area contributed by atoms with Gasteiger partial charge in [0.05, 0.1) is 18.1 Å².